The summed E-state index contributed by atoms with van der Waals surface area (Å²) < 4.78 is 17.8. The second-order valence-corrected chi connectivity index (χ2v) is 13.6. The van der Waals surface area contributed by atoms with Crippen LogP contribution in [0.15, 0.2) is 179 Å². The SMILES string of the molecule is c1ccc(-n2c3ccccc3c3ccc4oc5ccccc5c4c32)c(-c2ccccc2-n2c3ccccc3c3ccc4oc5ccccc5c4c32)c1. The fraction of sp³-hybridized carbons (Fsp3) is 0. The highest BCUT2D eigenvalue weighted by Crippen LogP contribution is 2.45. The molecule has 0 aliphatic heterocycles. The predicted molar refractivity (Wildman–Crippen MR) is 215 cm³/mol. The fourth-order valence-corrected chi connectivity index (χ4v) is 8.82. The molecule has 242 valence electrons. The lowest BCUT2D eigenvalue weighted by molar-refractivity contribution is 0.669. The first-order chi connectivity index (χ1) is 25.8. The molecule has 12 rings (SSSR count). The van der Waals surface area contributed by atoms with Crippen LogP contribution in [0.5, 0.6) is 0 Å². The van der Waals surface area contributed by atoms with Gasteiger partial charge in [0.25, 0.3) is 0 Å². The minimum absolute atomic E-state index is 0.886. The Bertz CT molecular complexity index is 3190. The topological polar surface area (TPSA) is 36.1 Å². The minimum atomic E-state index is 0.886. The average Bonchev–Trinajstić information content (AvgIpc) is 3.95. The van der Waals surface area contributed by atoms with Gasteiger partial charge in [0.1, 0.15) is 22.3 Å². The van der Waals surface area contributed by atoms with Gasteiger partial charge in [-0.3, -0.25) is 0 Å². The van der Waals surface area contributed by atoms with Gasteiger partial charge in [0.05, 0.1) is 44.2 Å². The Labute approximate surface area is 296 Å². The van der Waals surface area contributed by atoms with E-state index in [4.69, 9.17) is 8.83 Å². The Morgan fingerprint density at radius 3 is 1.15 bits per heavy atom. The van der Waals surface area contributed by atoms with Crippen molar-refractivity contribution in [1.29, 1.82) is 0 Å². The van der Waals surface area contributed by atoms with Gasteiger partial charge in [0, 0.05) is 43.4 Å². The van der Waals surface area contributed by atoms with Gasteiger partial charge in [0.2, 0.25) is 0 Å². The largest absolute Gasteiger partial charge is 0.456 e. The van der Waals surface area contributed by atoms with Crippen LogP contribution in [0.2, 0.25) is 0 Å². The van der Waals surface area contributed by atoms with Crippen molar-refractivity contribution in [2.24, 2.45) is 0 Å². The molecule has 4 heteroatoms. The minimum Gasteiger partial charge on any atom is -0.456 e. The van der Waals surface area contributed by atoms with Gasteiger partial charge in [0.15, 0.2) is 0 Å². The number of hydrogen-bond acceptors (Lipinski definition) is 2. The van der Waals surface area contributed by atoms with E-state index < -0.39 is 0 Å². The number of aromatic nitrogens is 2. The van der Waals surface area contributed by atoms with E-state index in [2.05, 4.69) is 167 Å². The highest BCUT2D eigenvalue weighted by atomic mass is 16.3. The molecule has 0 spiro atoms. The molecule has 0 atom stereocenters. The third kappa shape index (κ3) is 3.60. The van der Waals surface area contributed by atoms with Crippen LogP contribution in [-0.2, 0) is 0 Å². The van der Waals surface area contributed by atoms with Crippen molar-refractivity contribution in [1.82, 2.24) is 9.13 Å². The third-order valence-corrected chi connectivity index (χ3v) is 10.9. The van der Waals surface area contributed by atoms with Crippen LogP contribution in [0.1, 0.15) is 0 Å². The van der Waals surface area contributed by atoms with Crippen LogP contribution >= 0.6 is 0 Å². The van der Waals surface area contributed by atoms with Crippen LogP contribution in [0.25, 0.3) is 110 Å². The maximum atomic E-state index is 6.45. The molecule has 52 heavy (non-hydrogen) atoms. The van der Waals surface area contributed by atoms with Crippen LogP contribution in [0.4, 0.5) is 0 Å². The van der Waals surface area contributed by atoms with E-state index in [1.165, 1.54) is 21.5 Å². The van der Waals surface area contributed by atoms with E-state index in [1.807, 2.05) is 12.1 Å². The van der Waals surface area contributed by atoms with E-state index >= 15 is 0 Å². The van der Waals surface area contributed by atoms with Gasteiger partial charge >= 0.3 is 0 Å². The van der Waals surface area contributed by atoms with Crippen molar-refractivity contribution in [2.75, 3.05) is 0 Å². The van der Waals surface area contributed by atoms with Crippen LogP contribution in [0, 0.1) is 0 Å². The van der Waals surface area contributed by atoms with Crippen LogP contribution < -0.4 is 0 Å². The first-order valence-electron chi connectivity index (χ1n) is 17.7. The predicted octanol–water partition coefficient (Wildman–Crippen LogP) is 13.3. The quantitative estimate of drug-likeness (QED) is 0.188. The molecule has 0 radical (unpaired) electrons. The Morgan fingerprint density at radius 2 is 0.673 bits per heavy atom. The van der Waals surface area contributed by atoms with E-state index in [1.54, 1.807) is 0 Å². The molecule has 0 aliphatic rings. The number of fused-ring (bicyclic) bond motifs is 14. The lowest BCUT2D eigenvalue weighted by Crippen LogP contribution is -2.01. The number of para-hydroxylation sites is 6. The van der Waals surface area contributed by atoms with Crippen molar-refractivity contribution in [3.05, 3.63) is 170 Å². The van der Waals surface area contributed by atoms with E-state index in [-0.39, 0.29) is 0 Å². The van der Waals surface area contributed by atoms with Gasteiger partial charge in [-0.05, 0) is 60.7 Å². The fourth-order valence-electron chi connectivity index (χ4n) is 8.82. The maximum Gasteiger partial charge on any atom is 0.137 e. The zero-order valence-electron chi connectivity index (χ0n) is 27.9. The second kappa shape index (κ2) is 10.3. The maximum absolute atomic E-state index is 6.45. The third-order valence-electron chi connectivity index (χ3n) is 10.9. The van der Waals surface area contributed by atoms with E-state index in [0.717, 1.165) is 88.4 Å². The summed E-state index contributed by atoms with van der Waals surface area (Å²) in [7, 11) is 0. The molecule has 0 amide bonds. The van der Waals surface area contributed by atoms with Crippen molar-refractivity contribution in [3.63, 3.8) is 0 Å². The van der Waals surface area contributed by atoms with Gasteiger partial charge < -0.3 is 18.0 Å². The van der Waals surface area contributed by atoms with Gasteiger partial charge in [-0.25, -0.2) is 0 Å². The summed E-state index contributed by atoms with van der Waals surface area (Å²) in [5.74, 6) is 0. The zero-order valence-corrected chi connectivity index (χ0v) is 27.9. The van der Waals surface area contributed by atoms with Crippen molar-refractivity contribution < 1.29 is 8.83 Å². The Morgan fingerprint density at radius 1 is 0.288 bits per heavy atom. The van der Waals surface area contributed by atoms with Crippen LogP contribution in [0.3, 0.4) is 0 Å². The lowest BCUT2D eigenvalue weighted by Gasteiger charge is -2.18. The number of furan rings is 2. The molecular weight excluding hydrogens is 637 g/mol. The van der Waals surface area contributed by atoms with Gasteiger partial charge in [-0.15, -0.1) is 0 Å². The first kappa shape index (κ1) is 27.7. The number of hydrogen-bond donors (Lipinski definition) is 0. The first-order valence-corrected chi connectivity index (χ1v) is 17.7. The number of benzene rings is 8. The van der Waals surface area contributed by atoms with E-state index in [0.29, 0.717) is 0 Å². The highest BCUT2D eigenvalue weighted by molar-refractivity contribution is 6.26. The molecule has 12 aromatic rings. The summed E-state index contributed by atoms with van der Waals surface area (Å²) in [5, 5.41) is 9.32. The molecule has 0 fully saturated rings. The summed E-state index contributed by atoms with van der Waals surface area (Å²) in [6.07, 6.45) is 0. The second-order valence-electron chi connectivity index (χ2n) is 13.6. The van der Waals surface area contributed by atoms with E-state index in [9.17, 15) is 0 Å². The molecule has 4 aromatic heterocycles. The summed E-state index contributed by atoms with van der Waals surface area (Å²) in [6, 6.07) is 60.5. The van der Waals surface area contributed by atoms with Crippen molar-refractivity contribution in [2.45, 2.75) is 0 Å². The molecule has 8 aromatic carbocycles. The molecule has 0 saturated heterocycles. The summed E-state index contributed by atoms with van der Waals surface area (Å²) in [4.78, 5) is 0. The monoisotopic (exact) mass is 664 g/mol. The molecule has 0 saturated carbocycles. The van der Waals surface area contributed by atoms with Gasteiger partial charge in [-0.1, -0.05) is 109 Å². The Hall–Kier alpha value is -7.04. The molecular formula is C48H28N2O2. The highest BCUT2D eigenvalue weighted by Gasteiger charge is 2.24. The van der Waals surface area contributed by atoms with Crippen molar-refractivity contribution >= 4 is 87.5 Å². The molecule has 4 heterocycles. The Balaban J connectivity index is 1.22. The smallest absolute Gasteiger partial charge is 0.137 e. The lowest BCUT2D eigenvalue weighted by atomic mass is 10.0. The molecule has 0 bridgehead atoms. The molecule has 4 nitrogen and oxygen atoms in total. The molecule has 0 N–H and O–H groups in total. The average molecular weight is 665 g/mol. The molecule has 0 aliphatic carbocycles. The summed E-state index contributed by atoms with van der Waals surface area (Å²) >= 11 is 0. The summed E-state index contributed by atoms with van der Waals surface area (Å²) in [6.45, 7) is 0. The normalized spacial score (nSPS) is 12.2. The van der Waals surface area contributed by atoms with Crippen molar-refractivity contribution in [3.8, 4) is 22.5 Å². The molecule has 0 unspecified atom stereocenters. The van der Waals surface area contributed by atoms with Gasteiger partial charge in [-0.2, -0.15) is 0 Å². The zero-order chi connectivity index (χ0) is 33.9. The number of nitrogens with zero attached hydrogens (tertiary/aromatic N) is 2. The number of rotatable bonds is 3. The summed E-state index contributed by atoms with van der Waals surface area (Å²) in [5.41, 5.74) is 12.7. The van der Waals surface area contributed by atoms with Crippen LogP contribution in [-0.4, -0.2) is 9.13 Å². The Kier molecular flexibility index (Phi) is 5.47. The standard InChI is InChI=1S/C48H28N2O2/c1-7-19-37(49-39-21-9-3-15-31(39)33-25-27-43-45(47(33)49)35-17-5-11-23-41(35)51-43)29(13-1)30-14-2-8-20-38(30)50-40-22-10-4-16-32(40)34-26-28-44-46(48(34)50)36-18-6-12-24-42(36)52-44/h1-28H.